The van der Waals surface area contributed by atoms with Gasteiger partial charge in [0.1, 0.15) is 22.2 Å². The summed E-state index contributed by atoms with van der Waals surface area (Å²) in [6.07, 6.45) is 0. The molecule has 2 amide bonds. The molecule has 0 bridgehead atoms. The van der Waals surface area contributed by atoms with Gasteiger partial charge in [-0.25, -0.2) is 4.90 Å². The molecule has 6 nitrogen and oxygen atoms in total. The number of rotatable bonds is 5. The van der Waals surface area contributed by atoms with Crippen molar-refractivity contribution in [2.75, 3.05) is 24.4 Å². The van der Waals surface area contributed by atoms with Crippen molar-refractivity contribution in [2.24, 2.45) is 0 Å². The number of aryl methyl sites for hydroxylation is 2. The first-order valence-corrected chi connectivity index (χ1v) is 8.60. The molecule has 0 aromatic heterocycles. The van der Waals surface area contributed by atoms with Gasteiger partial charge >= 0.3 is 0 Å². The van der Waals surface area contributed by atoms with Crippen LogP contribution in [-0.4, -0.2) is 26.0 Å². The van der Waals surface area contributed by atoms with Crippen molar-refractivity contribution < 1.29 is 19.1 Å². The Bertz CT molecular complexity index is 968. The molecule has 0 spiro atoms. The molecule has 0 unspecified atom stereocenters. The summed E-state index contributed by atoms with van der Waals surface area (Å²) in [5.41, 5.74) is 2.70. The summed E-state index contributed by atoms with van der Waals surface area (Å²) in [4.78, 5) is 26.7. The van der Waals surface area contributed by atoms with Crippen LogP contribution in [0.2, 0.25) is 0 Å². The number of hydrogen-bond donors (Lipinski definition) is 1. The Kier molecular flexibility index (Phi) is 5.10. The first kappa shape index (κ1) is 18.8. The van der Waals surface area contributed by atoms with Gasteiger partial charge in [0.15, 0.2) is 0 Å². The molecule has 0 atom stereocenters. The summed E-state index contributed by atoms with van der Waals surface area (Å²) in [5.74, 6) is -0.0420. The van der Waals surface area contributed by atoms with Crippen molar-refractivity contribution in [2.45, 2.75) is 13.8 Å². The van der Waals surface area contributed by atoms with E-state index in [0.717, 1.165) is 16.0 Å². The maximum absolute atomic E-state index is 13.0. The number of nitrogens with one attached hydrogen (secondary N) is 1. The van der Waals surface area contributed by atoms with Crippen LogP contribution >= 0.6 is 11.6 Å². The fraction of sp³-hybridized carbons (Fsp3) is 0.200. The molecule has 2 aromatic carbocycles. The Morgan fingerprint density at radius 2 is 1.70 bits per heavy atom. The summed E-state index contributed by atoms with van der Waals surface area (Å²) >= 11 is 6.21. The summed E-state index contributed by atoms with van der Waals surface area (Å²) in [5, 5.41) is 2.75. The predicted molar refractivity (Wildman–Crippen MR) is 104 cm³/mol. The van der Waals surface area contributed by atoms with E-state index in [1.165, 1.54) is 14.2 Å². The second-order valence-corrected chi connectivity index (χ2v) is 6.49. The number of carbonyl (C=O) groups excluding carboxylic acids is 2. The van der Waals surface area contributed by atoms with Gasteiger partial charge in [-0.15, -0.1) is 0 Å². The number of amides is 2. The molecule has 0 fully saturated rings. The van der Waals surface area contributed by atoms with E-state index in [4.69, 9.17) is 21.1 Å². The number of benzene rings is 2. The van der Waals surface area contributed by atoms with Crippen molar-refractivity contribution in [3.05, 3.63) is 58.3 Å². The zero-order valence-electron chi connectivity index (χ0n) is 15.4. The third-order valence-electron chi connectivity index (χ3n) is 4.30. The quantitative estimate of drug-likeness (QED) is 0.792. The molecule has 3 rings (SSSR count). The third kappa shape index (κ3) is 3.36. The fourth-order valence-electron chi connectivity index (χ4n) is 2.84. The van der Waals surface area contributed by atoms with Crippen LogP contribution < -0.4 is 19.7 Å². The molecule has 1 aliphatic rings. The van der Waals surface area contributed by atoms with E-state index in [9.17, 15) is 9.59 Å². The van der Waals surface area contributed by atoms with Gasteiger partial charge in [0, 0.05) is 6.07 Å². The number of carbonyl (C=O) groups is 2. The van der Waals surface area contributed by atoms with Crippen LogP contribution in [0.5, 0.6) is 11.5 Å². The lowest BCUT2D eigenvalue weighted by Gasteiger charge is -2.18. The number of hydrogen-bond acceptors (Lipinski definition) is 5. The lowest BCUT2D eigenvalue weighted by atomic mass is 10.1. The molecule has 2 aromatic rings. The topological polar surface area (TPSA) is 67.9 Å². The Morgan fingerprint density at radius 1 is 0.963 bits per heavy atom. The smallest absolute Gasteiger partial charge is 0.283 e. The minimum Gasteiger partial charge on any atom is -0.497 e. The Morgan fingerprint density at radius 3 is 2.37 bits per heavy atom. The van der Waals surface area contributed by atoms with Crippen molar-refractivity contribution in [1.82, 2.24) is 0 Å². The highest BCUT2D eigenvalue weighted by molar-refractivity contribution is 6.53. The van der Waals surface area contributed by atoms with Crippen LogP contribution in [0.4, 0.5) is 11.4 Å². The van der Waals surface area contributed by atoms with Gasteiger partial charge in [0.05, 0.1) is 25.6 Å². The van der Waals surface area contributed by atoms with Crippen LogP contribution in [0.1, 0.15) is 11.1 Å². The van der Waals surface area contributed by atoms with Gasteiger partial charge in [-0.05, 0) is 43.2 Å². The van der Waals surface area contributed by atoms with E-state index in [1.54, 1.807) is 24.3 Å². The minimum absolute atomic E-state index is 0.00544. The monoisotopic (exact) mass is 386 g/mol. The lowest BCUT2D eigenvalue weighted by Crippen LogP contribution is -2.33. The number of imide groups is 1. The van der Waals surface area contributed by atoms with E-state index in [2.05, 4.69) is 5.32 Å². The average Bonchev–Trinajstić information content (AvgIpc) is 2.87. The lowest BCUT2D eigenvalue weighted by molar-refractivity contribution is -0.120. The van der Waals surface area contributed by atoms with E-state index < -0.39 is 11.8 Å². The third-order valence-corrected chi connectivity index (χ3v) is 4.65. The normalized spacial score (nSPS) is 14.0. The summed E-state index contributed by atoms with van der Waals surface area (Å²) in [6.45, 7) is 3.73. The molecule has 0 saturated heterocycles. The summed E-state index contributed by atoms with van der Waals surface area (Å²) in [7, 11) is 3.04. The molecule has 7 heteroatoms. The molecule has 27 heavy (non-hydrogen) atoms. The van der Waals surface area contributed by atoms with Crippen molar-refractivity contribution >= 4 is 34.8 Å². The molecule has 1 heterocycles. The number of anilines is 2. The van der Waals surface area contributed by atoms with E-state index in [1.807, 2.05) is 26.0 Å². The van der Waals surface area contributed by atoms with E-state index in [0.29, 0.717) is 22.9 Å². The molecule has 1 aliphatic heterocycles. The maximum atomic E-state index is 13.0. The minimum atomic E-state index is -0.570. The van der Waals surface area contributed by atoms with Crippen LogP contribution in [0.3, 0.4) is 0 Å². The summed E-state index contributed by atoms with van der Waals surface area (Å²) < 4.78 is 10.5. The van der Waals surface area contributed by atoms with Gasteiger partial charge in [-0.1, -0.05) is 23.7 Å². The van der Waals surface area contributed by atoms with Crippen molar-refractivity contribution in [1.29, 1.82) is 0 Å². The molecule has 1 N–H and O–H groups in total. The fourth-order valence-corrected chi connectivity index (χ4v) is 3.05. The highest BCUT2D eigenvalue weighted by Gasteiger charge is 2.39. The first-order chi connectivity index (χ1) is 12.9. The number of halogens is 1. The highest BCUT2D eigenvalue weighted by Crippen LogP contribution is 2.35. The molecule has 0 saturated carbocycles. The summed E-state index contributed by atoms with van der Waals surface area (Å²) in [6, 6.07) is 10.6. The molecule has 0 aliphatic carbocycles. The van der Waals surface area contributed by atoms with Crippen molar-refractivity contribution in [3.8, 4) is 11.5 Å². The van der Waals surface area contributed by atoms with E-state index in [-0.39, 0.29) is 10.7 Å². The Balaban J connectivity index is 1.99. The number of methoxy groups -OCH3 is 2. The second-order valence-electron chi connectivity index (χ2n) is 6.12. The molecular weight excluding hydrogens is 368 g/mol. The zero-order valence-corrected chi connectivity index (χ0v) is 16.2. The van der Waals surface area contributed by atoms with Crippen LogP contribution in [-0.2, 0) is 9.59 Å². The second kappa shape index (κ2) is 7.32. The Labute approximate surface area is 162 Å². The molecular formula is C20H19ClN2O4. The van der Waals surface area contributed by atoms with Gasteiger partial charge in [-0.2, -0.15) is 0 Å². The molecule has 0 radical (unpaired) electrons. The van der Waals surface area contributed by atoms with Crippen LogP contribution in [0.25, 0.3) is 0 Å². The zero-order chi connectivity index (χ0) is 19.7. The van der Waals surface area contributed by atoms with Gasteiger partial charge in [0.25, 0.3) is 11.8 Å². The van der Waals surface area contributed by atoms with Gasteiger partial charge in [-0.3, -0.25) is 9.59 Å². The Hall–Kier alpha value is -2.99. The highest BCUT2D eigenvalue weighted by atomic mass is 35.5. The maximum Gasteiger partial charge on any atom is 0.283 e. The molecule has 140 valence electrons. The standard InChI is InChI=1S/C20H19ClN2O4/c1-11-5-6-12(2)15(9-11)23-19(24)17(21)18(20(23)25)22-14-10-13(26-3)7-8-16(14)27-4/h5-10,22H,1-4H3. The van der Waals surface area contributed by atoms with E-state index >= 15 is 0 Å². The van der Waals surface area contributed by atoms with Crippen molar-refractivity contribution in [3.63, 3.8) is 0 Å². The first-order valence-electron chi connectivity index (χ1n) is 8.22. The number of nitrogens with zero attached hydrogens (tertiary/aromatic N) is 1. The predicted octanol–water partition coefficient (Wildman–Crippen LogP) is 3.76. The van der Waals surface area contributed by atoms with Crippen LogP contribution in [0.15, 0.2) is 47.1 Å². The largest absolute Gasteiger partial charge is 0.497 e. The SMILES string of the molecule is COc1ccc(OC)c(NC2=C(Cl)C(=O)N(c3cc(C)ccc3C)C2=O)c1. The van der Waals surface area contributed by atoms with Crippen LogP contribution in [0, 0.1) is 13.8 Å². The van der Waals surface area contributed by atoms with Gasteiger partial charge < -0.3 is 14.8 Å². The average molecular weight is 387 g/mol. The number of ether oxygens (including phenoxy) is 2. The van der Waals surface area contributed by atoms with Gasteiger partial charge in [0.2, 0.25) is 0 Å².